The van der Waals surface area contributed by atoms with Gasteiger partial charge in [-0.1, -0.05) is 0 Å². The smallest absolute Gasteiger partial charge is 0.253 e. The first-order chi connectivity index (χ1) is 6.15. The number of halogens is 2. The van der Waals surface area contributed by atoms with E-state index in [1.807, 2.05) is 11.5 Å². The Balaban J connectivity index is 2.62. The van der Waals surface area contributed by atoms with Crippen molar-refractivity contribution in [2.45, 2.75) is 32.4 Å². The van der Waals surface area contributed by atoms with Crippen LogP contribution in [0, 0.1) is 0 Å². The zero-order chi connectivity index (χ0) is 9.84. The zero-order valence-electron chi connectivity index (χ0n) is 7.45. The number of aromatic nitrogens is 2. The highest BCUT2D eigenvalue weighted by Gasteiger charge is 2.17. The van der Waals surface area contributed by atoms with Crippen LogP contribution in [0.5, 0.6) is 0 Å². The average Bonchev–Trinajstić information content (AvgIpc) is 2.51. The van der Waals surface area contributed by atoms with E-state index in [1.165, 1.54) is 0 Å². The highest BCUT2D eigenvalue weighted by atomic mass is 19.3. The van der Waals surface area contributed by atoms with Crippen LogP contribution in [0.1, 0.15) is 12.7 Å². The average molecular weight is 189 g/mol. The fourth-order valence-electron chi connectivity index (χ4n) is 1.12. The van der Waals surface area contributed by atoms with Gasteiger partial charge in [0.2, 0.25) is 0 Å². The van der Waals surface area contributed by atoms with Crippen LogP contribution in [0.15, 0.2) is 12.4 Å². The largest absolute Gasteiger partial charge is 0.335 e. The van der Waals surface area contributed by atoms with Crippen LogP contribution in [-0.2, 0) is 13.0 Å². The van der Waals surface area contributed by atoms with Gasteiger partial charge in [0.15, 0.2) is 0 Å². The molecule has 1 heterocycles. The number of hydrogen-bond acceptors (Lipinski definition) is 2. The summed E-state index contributed by atoms with van der Waals surface area (Å²) >= 11 is 0. The number of imidazole rings is 1. The van der Waals surface area contributed by atoms with Crippen LogP contribution in [0.4, 0.5) is 8.78 Å². The molecule has 0 spiro atoms. The van der Waals surface area contributed by atoms with Gasteiger partial charge < -0.3 is 10.3 Å². The third-order valence-electron chi connectivity index (χ3n) is 1.88. The third-order valence-corrected chi connectivity index (χ3v) is 1.88. The number of hydrogen-bond donors (Lipinski definition) is 1. The molecule has 13 heavy (non-hydrogen) atoms. The lowest BCUT2D eigenvalue weighted by Gasteiger charge is -2.10. The van der Waals surface area contributed by atoms with Crippen molar-refractivity contribution in [3.8, 4) is 0 Å². The Morgan fingerprint density at radius 1 is 1.62 bits per heavy atom. The van der Waals surface area contributed by atoms with Gasteiger partial charge in [0.05, 0.1) is 6.04 Å². The second kappa shape index (κ2) is 4.32. The third kappa shape index (κ3) is 2.48. The molecule has 0 bridgehead atoms. The Labute approximate surface area is 75.6 Å². The first-order valence-corrected chi connectivity index (χ1v) is 4.19. The number of rotatable bonds is 4. The number of nitrogens with zero attached hydrogens (tertiary/aromatic N) is 2. The van der Waals surface area contributed by atoms with Crippen molar-refractivity contribution in [2.75, 3.05) is 0 Å². The summed E-state index contributed by atoms with van der Waals surface area (Å²) in [4.78, 5) is 3.96. The quantitative estimate of drug-likeness (QED) is 0.769. The molecule has 0 amide bonds. The molecule has 0 aliphatic heterocycles. The van der Waals surface area contributed by atoms with Crippen LogP contribution in [0.3, 0.4) is 0 Å². The standard InChI is InChI=1S/C8H13F2N3/c1-2-13-4-3-12-7(13)5-6(11)8(9)10/h3-4,6,8H,2,5,11H2,1H3. The van der Waals surface area contributed by atoms with Crippen LogP contribution >= 0.6 is 0 Å². The summed E-state index contributed by atoms with van der Waals surface area (Å²) in [6, 6.07) is -1.12. The van der Waals surface area contributed by atoms with E-state index < -0.39 is 12.5 Å². The summed E-state index contributed by atoms with van der Waals surface area (Å²) in [5.41, 5.74) is 5.23. The molecule has 1 aromatic rings. The first kappa shape index (κ1) is 10.1. The fourth-order valence-corrected chi connectivity index (χ4v) is 1.12. The predicted molar refractivity (Wildman–Crippen MR) is 45.6 cm³/mol. The van der Waals surface area contributed by atoms with Crippen LogP contribution < -0.4 is 5.73 Å². The number of aryl methyl sites for hydroxylation is 1. The van der Waals surface area contributed by atoms with Crippen LogP contribution in [0.25, 0.3) is 0 Å². The van der Waals surface area contributed by atoms with Crippen molar-refractivity contribution < 1.29 is 8.78 Å². The van der Waals surface area contributed by atoms with Gasteiger partial charge >= 0.3 is 0 Å². The minimum atomic E-state index is -2.48. The molecular formula is C8H13F2N3. The number of alkyl halides is 2. The molecule has 0 saturated carbocycles. The highest BCUT2D eigenvalue weighted by molar-refractivity contribution is 4.95. The zero-order valence-corrected chi connectivity index (χ0v) is 7.45. The van der Waals surface area contributed by atoms with Crippen molar-refractivity contribution >= 4 is 0 Å². The summed E-state index contributed by atoms with van der Waals surface area (Å²) in [6.45, 7) is 2.66. The van der Waals surface area contributed by atoms with E-state index >= 15 is 0 Å². The van der Waals surface area contributed by atoms with Gasteiger partial charge in [0, 0.05) is 25.4 Å². The lowest BCUT2D eigenvalue weighted by Crippen LogP contribution is -2.32. The molecule has 1 unspecified atom stereocenters. The van der Waals surface area contributed by atoms with Gasteiger partial charge in [-0.2, -0.15) is 0 Å². The second-order valence-electron chi connectivity index (χ2n) is 2.83. The van der Waals surface area contributed by atoms with E-state index in [9.17, 15) is 8.78 Å². The molecule has 5 heteroatoms. The maximum atomic E-state index is 12.1. The molecule has 0 fully saturated rings. The maximum Gasteiger partial charge on any atom is 0.253 e. The predicted octanol–water partition coefficient (Wildman–Crippen LogP) is 1.04. The first-order valence-electron chi connectivity index (χ1n) is 4.19. The Morgan fingerprint density at radius 3 is 2.85 bits per heavy atom. The summed E-state index contributed by atoms with van der Waals surface area (Å²) < 4.78 is 26.0. The van der Waals surface area contributed by atoms with Gasteiger partial charge in [0.1, 0.15) is 5.82 Å². The van der Waals surface area contributed by atoms with Gasteiger partial charge in [-0.15, -0.1) is 0 Å². The van der Waals surface area contributed by atoms with Crippen molar-refractivity contribution in [3.63, 3.8) is 0 Å². The van der Waals surface area contributed by atoms with Crippen molar-refractivity contribution in [3.05, 3.63) is 18.2 Å². The van der Waals surface area contributed by atoms with Gasteiger partial charge in [-0.25, -0.2) is 13.8 Å². The molecule has 0 aliphatic carbocycles. The Morgan fingerprint density at radius 2 is 2.31 bits per heavy atom. The lowest BCUT2D eigenvalue weighted by molar-refractivity contribution is 0.114. The lowest BCUT2D eigenvalue weighted by atomic mass is 10.2. The highest BCUT2D eigenvalue weighted by Crippen LogP contribution is 2.06. The van der Waals surface area contributed by atoms with Crippen LogP contribution in [-0.4, -0.2) is 22.0 Å². The van der Waals surface area contributed by atoms with Gasteiger partial charge in [-0.05, 0) is 6.92 Å². The second-order valence-corrected chi connectivity index (χ2v) is 2.83. The molecule has 0 aromatic carbocycles. The Kier molecular flexibility index (Phi) is 3.36. The van der Waals surface area contributed by atoms with E-state index in [2.05, 4.69) is 4.98 Å². The van der Waals surface area contributed by atoms with Crippen molar-refractivity contribution in [1.82, 2.24) is 9.55 Å². The maximum absolute atomic E-state index is 12.1. The molecule has 0 saturated heterocycles. The molecule has 1 rings (SSSR count). The topological polar surface area (TPSA) is 43.8 Å². The number of nitrogens with two attached hydrogens (primary N) is 1. The summed E-state index contributed by atoms with van der Waals surface area (Å²) in [7, 11) is 0. The monoisotopic (exact) mass is 189 g/mol. The fraction of sp³-hybridized carbons (Fsp3) is 0.625. The minimum absolute atomic E-state index is 0.124. The molecule has 0 aliphatic rings. The van der Waals surface area contributed by atoms with E-state index in [1.54, 1.807) is 12.4 Å². The van der Waals surface area contributed by atoms with Crippen molar-refractivity contribution in [1.29, 1.82) is 0 Å². The van der Waals surface area contributed by atoms with Crippen molar-refractivity contribution in [2.24, 2.45) is 5.73 Å². The summed E-state index contributed by atoms with van der Waals surface area (Å²) in [6.07, 6.45) is 0.991. The van der Waals surface area contributed by atoms with Gasteiger partial charge in [-0.3, -0.25) is 0 Å². The molecule has 0 radical (unpaired) electrons. The molecule has 3 nitrogen and oxygen atoms in total. The van der Waals surface area contributed by atoms with Crippen LogP contribution in [0.2, 0.25) is 0 Å². The van der Waals surface area contributed by atoms with Gasteiger partial charge in [0.25, 0.3) is 6.43 Å². The molecule has 74 valence electrons. The van der Waals surface area contributed by atoms with E-state index in [4.69, 9.17) is 5.73 Å². The Hall–Kier alpha value is -0.970. The Bertz CT molecular complexity index is 260. The minimum Gasteiger partial charge on any atom is -0.335 e. The molecule has 2 N–H and O–H groups in total. The SMILES string of the molecule is CCn1ccnc1CC(N)C(F)F. The molecule has 1 atom stereocenters. The van der Waals surface area contributed by atoms with E-state index in [-0.39, 0.29) is 6.42 Å². The van der Waals surface area contributed by atoms with E-state index in [0.717, 1.165) is 6.54 Å². The van der Waals surface area contributed by atoms with E-state index in [0.29, 0.717) is 5.82 Å². The summed E-state index contributed by atoms with van der Waals surface area (Å²) in [5, 5.41) is 0. The molecular weight excluding hydrogens is 176 g/mol. The molecule has 1 aromatic heterocycles. The normalized spacial score (nSPS) is 13.6. The summed E-state index contributed by atoms with van der Waals surface area (Å²) in [5.74, 6) is 0.621.